The molecule has 2 saturated carbocycles. The molecule has 0 N–H and O–H groups in total. The molecule has 0 bridgehead atoms. The SMILES string of the molecule is CCC1CC(COCC2CC(CC)C2)C1. The van der Waals surface area contributed by atoms with E-state index in [1.165, 1.54) is 38.5 Å². The Hall–Kier alpha value is -0.0400. The highest BCUT2D eigenvalue weighted by Gasteiger charge is 2.30. The molecule has 0 unspecified atom stereocenters. The van der Waals surface area contributed by atoms with Crippen molar-refractivity contribution < 1.29 is 4.74 Å². The molecule has 88 valence electrons. The molecule has 1 nitrogen and oxygen atoms in total. The number of ether oxygens (including phenoxy) is 1. The first-order valence-corrected chi connectivity index (χ1v) is 6.89. The van der Waals surface area contributed by atoms with Crippen LogP contribution in [0.1, 0.15) is 52.4 Å². The van der Waals surface area contributed by atoms with Crippen LogP contribution in [0.25, 0.3) is 0 Å². The van der Waals surface area contributed by atoms with E-state index < -0.39 is 0 Å². The summed E-state index contributed by atoms with van der Waals surface area (Å²) in [6.45, 7) is 6.70. The van der Waals surface area contributed by atoms with Gasteiger partial charge in [0, 0.05) is 13.2 Å². The predicted octanol–water partition coefficient (Wildman–Crippen LogP) is 3.88. The molecule has 15 heavy (non-hydrogen) atoms. The fourth-order valence-corrected chi connectivity index (χ4v) is 3.09. The van der Waals surface area contributed by atoms with Crippen molar-refractivity contribution in [2.24, 2.45) is 23.7 Å². The molecule has 2 aliphatic rings. The van der Waals surface area contributed by atoms with Gasteiger partial charge in [0.25, 0.3) is 0 Å². The van der Waals surface area contributed by atoms with Crippen LogP contribution >= 0.6 is 0 Å². The second-order valence-electron chi connectivity index (χ2n) is 5.76. The van der Waals surface area contributed by atoms with Crippen molar-refractivity contribution in [3.63, 3.8) is 0 Å². The Labute approximate surface area is 94.6 Å². The molecular formula is C14H26O. The lowest BCUT2D eigenvalue weighted by Crippen LogP contribution is -2.31. The summed E-state index contributed by atoms with van der Waals surface area (Å²) in [5.74, 6) is 3.84. The van der Waals surface area contributed by atoms with E-state index in [1.807, 2.05) is 0 Å². The summed E-state index contributed by atoms with van der Waals surface area (Å²) >= 11 is 0. The van der Waals surface area contributed by atoms with Crippen molar-refractivity contribution >= 4 is 0 Å². The molecule has 0 amide bonds. The molecule has 0 aromatic rings. The van der Waals surface area contributed by atoms with E-state index in [0.29, 0.717) is 0 Å². The molecular weight excluding hydrogens is 184 g/mol. The van der Waals surface area contributed by atoms with Crippen LogP contribution in [0, 0.1) is 23.7 Å². The van der Waals surface area contributed by atoms with Crippen LogP contribution in [0.4, 0.5) is 0 Å². The summed E-state index contributed by atoms with van der Waals surface area (Å²) in [7, 11) is 0. The van der Waals surface area contributed by atoms with Crippen molar-refractivity contribution in [3.8, 4) is 0 Å². The minimum atomic E-state index is 0.900. The Morgan fingerprint density at radius 3 is 1.47 bits per heavy atom. The standard InChI is InChI=1S/C14H26O/c1-3-11-5-13(6-11)9-15-10-14-7-12(4-2)8-14/h11-14H,3-10H2,1-2H3. The molecule has 0 aromatic carbocycles. The quantitative estimate of drug-likeness (QED) is 0.646. The van der Waals surface area contributed by atoms with Gasteiger partial charge in [0.05, 0.1) is 0 Å². The topological polar surface area (TPSA) is 9.23 Å². The third kappa shape index (κ3) is 2.96. The first-order chi connectivity index (χ1) is 7.31. The summed E-state index contributed by atoms with van der Waals surface area (Å²) in [6, 6.07) is 0. The van der Waals surface area contributed by atoms with Gasteiger partial charge in [-0.05, 0) is 49.4 Å². The van der Waals surface area contributed by atoms with E-state index in [0.717, 1.165) is 36.9 Å². The van der Waals surface area contributed by atoms with Crippen molar-refractivity contribution in [2.45, 2.75) is 52.4 Å². The average Bonchev–Trinajstić information content (AvgIpc) is 2.11. The minimum Gasteiger partial charge on any atom is -0.381 e. The molecule has 2 fully saturated rings. The molecule has 0 heterocycles. The molecule has 0 spiro atoms. The lowest BCUT2D eigenvalue weighted by atomic mass is 9.73. The van der Waals surface area contributed by atoms with Crippen molar-refractivity contribution in [1.82, 2.24) is 0 Å². The largest absolute Gasteiger partial charge is 0.381 e. The van der Waals surface area contributed by atoms with Crippen molar-refractivity contribution in [1.29, 1.82) is 0 Å². The van der Waals surface area contributed by atoms with Gasteiger partial charge in [0.15, 0.2) is 0 Å². The van der Waals surface area contributed by atoms with Gasteiger partial charge >= 0.3 is 0 Å². The number of hydrogen-bond acceptors (Lipinski definition) is 1. The Kier molecular flexibility index (Phi) is 4.07. The van der Waals surface area contributed by atoms with Crippen LogP contribution in [0.5, 0.6) is 0 Å². The van der Waals surface area contributed by atoms with Crippen molar-refractivity contribution in [3.05, 3.63) is 0 Å². The molecule has 2 aliphatic carbocycles. The van der Waals surface area contributed by atoms with Crippen LogP contribution < -0.4 is 0 Å². The second kappa shape index (κ2) is 5.34. The fraction of sp³-hybridized carbons (Fsp3) is 1.00. The van der Waals surface area contributed by atoms with E-state index in [4.69, 9.17) is 4.74 Å². The highest BCUT2D eigenvalue weighted by molar-refractivity contribution is 4.80. The first-order valence-electron chi connectivity index (χ1n) is 6.89. The number of rotatable bonds is 6. The summed E-state index contributed by atoms with van der Waals surface area (Å²) in [5, 5.41) is 0. The van der Waals surface area contributed by atoms with E-state index in [9.17, 15) is 0 Å². The van der Waals surface area contributed by atoms with E-state index in [-0.39, 0.29) is 0 Å². The van der Waals surface area contributed by atoms with Gasteiger partial charge in [0.1, 0.15) is 0 Å². The van der Waals surface area contributed by atoms with Gasteiger partial charge in [-0.1, -0.05) is 26.7 Å². The smallest absolute Gasteiger partial charge is 0.0494 e. The summed E-state index contributed by atoms with van der Waals surface area (Å²) in [6.07, 6.45) is 8.46. The van der Waals surface area contributed by atoms with Crippen LogP contribution in [0.3, 0.4) is 0 Å². The molecule has 0 radical (unpaired) electrons. The third-order valence-corrected chi connectivity index (χ3v) is 4.53. The van der Waals surface area contributed by atoms with Crippen LogP contribution in [0.15, 0.2) is 0 Å². The van der Waals surface area contributed by atoms with Crippen molar-refractivity contribution in [2.75, 3.05) is 13.2 Å². The zero-order valence-electron chi connectivity index (χ0n) is 10.4. The minimum absolute atomic E-state index is 0.900. The average molecular weight is 210 g/mol. The van der Waals surface area contributed by atoms with Gasteiger partial charge in [-0.15, -0.1) is 0 Å². The summed E-state index contributed by atoms with van der Waals surface area (Å²) in [5.41, 5.74) is 0. The van der Waals surface area contributed by atoms with Crippen LogP contribution in [-0.4, -0.2) is 13.2 Å². The van der Waals surface area contributed by atoms with Gasteiger partial charge < -0.3 is 4.74 Å². The second-order valence-corrected chi connectivity index (χ2v) is 5.76. The van der Waals surface area contributed by atoms with E-state index in [1.54, 1.807) is 0 Å². The third-order valence-electron chi connectivity index (χ3n) is 4.53. The monoisotopic (exact) mass is 210 g/mol. The maximum Gasteiger partial charge on any atom is 0.0494 e. The summed E-state index contributed by atoms with van der Waals surface area (Å²) < 4.78 is 5.83. The Balaban J connectivity index is 1.44. The molecule has 0 atom stereocenters. The molecule has 0 aliphatic heterocycles. The zero-order chi connectivity index (χ0) is 10.7. The Morgan fingerprint density at radius 2 is 1.13 bits per heavy atom. The van der Waals surface area contributed by atoms with Gasteiger partial charge in [-0.2, -0.15) is 0 Å². The lowest BCUT2D eigenvalue weighted by molar-refractivity contribution is -0.00182. The highest BCUT2D eigenvalue weighted by atomic mass is 16.5. The van der Waals surface area contributed by atoms with Gasteiger partial charge in [0.2, 0.25) is 0 Å². The maximum absolute atomic E-state index is 5.83. The van der Waals surface area contributed by atoms with Gasteiger partial charge in [-0.25, -0.2) is 0 Å². The van der Waals surface area contributed by atoms with Crippen LogP contribution in [0.2, 0.25) is 0 Å². The normalized spacial score (nSPS) is 39.6. The Morgan fingerprint density at radius 1 is 0.733 bits per heavy atom. The van der Waals surface area contributed by atoms with Crippen LogP contribution in [-0.2, 0) is 4.74 Å². The van der Waals surface area contributed by atoms with Gasteiger partial charge in [-0.3, -0.25) is 0 Å². The van der Waals surface area contributed by atoms with E-state index >= 15 is 0 Å². The Bertz CT molecular complexity index is 158. The molecule has 2 rings (SSSR count). The fourth-order valence-electron chi connectivity index (χ4n) is 3.09. The first kappa shape index (κ1) is 11.4. The van der Waals surface area contributed by atoms with E-state index in [2.05, 4.69) is 13.8 Å². The maximum atomic E-state index is 5.83. The molecule has 0 aromatic heterocycles. The summed E-state index contributed by atoms with van der Waals surface area (Å²) in [4.78, 5) is 0. The number of hydrogen-bond donors (Lipinski definition) is 0. The highest BCUT2D eigenvalue weighted by Crippen LogP contribution is 2.38. The lowest BCUT2D eigenvalue weighted by Gasteiger charge is -2.37. The zero-order valence-corrected chi connectivity index (χ0v) is 10.4. The molecule has 0 saturated heterocycles. The predicted molar refractivity (Wildman–Crippen MR) is 63.8 cm³/mol. The molecule has 1 heteroatoms.